The molecule has 0 aromatic carbocycles. The maximum Gasteiger partial charge on any atom is 0.239 e. The van der Waals surface area contributed by atoms with Crippen LogP contribution in [0, 0.1) is 0 Å². The molecule has 5 heteroatoms. The summed E-state index contributed by atoms with van der Waals surface area (Å²) in [5.41, 5.74) is 0. The zero-order chi connectivity index (χ0) is 11.1. The van der Waals surface area contributed by atoms with Crippen LogP contribution < -0.4 is 10.6 Å². The molecule has 4 nitrogen and oxygen atoms in total. The molecule has 82 valence electrons. The molecule has 0 saturated carbocycles. The van der Waals surface area contributed by atoms with Gasteiger partial charge in [-0.3, -0.25) is 9.59 Å². The quantitative estimate of drug-likeness (QED) is 0.770. The van der Waals surface area contributed by atoms with E-state index >= 15 is 0 Å². The summed E-state index contributed by atoms with van der Waals surface area (Å²) in [6.45, 7) is 2.05. The monoisotopic (exact) mass is 226 g/mol. The second-order valence-electron chi connectivity index (χ2n) is 3.09. The smallest absolute Gasteiger partial charge is 0.239 e. The van der Waals surface area contributed by atoms with E-state index in [1.807, 2.05) is 17.5 Å². The maximum atomic E-state index is 11.2. The highest BCUT2D eigenvalue weighted by Crippen LogP contribution is 2.07. The van der Waals surface area contributed by atoms with E-state index in [9.17, 15) is 9.59 Å². The van der Waals surface area contributed by atoms with Crippen molar-refractivity contribution >= 4 is 23.2 Å². The Morgan fingerprint density at radius 1 is 1.40 bits per heavy atom. The zero-order valence-corrected chi connectivity index (χ0v) is 9.39. The summed E-state index contributed by atoms with van der Waals surface area (Å²) in [6.07, 6.45) is 0.837. The molecular weight excluding hydrogens is 212 g/mol. The molecule has 15 heavy (non-hydrogen) atoms. The van der Waals surface area contributed by atoms with Crippen LogP contribution in [-0.2, 0) is 16.0 Å². The summed E-state index contributed by atoms with van der Waals surface area (Å²) in [7, 11) is 0. The van der Waals surface area contributed by atoms with Crippen molar-refractivity contribution in [1.82, 2.24) is 10.6 Å². The van der Waals surface area contributed by atoms with Crippen molar-refractivity contribution in [3.05, 3.63) is 22.4 Å². The number of nitrogens with one attached hydrogen (secondary N) is 2. The molecule has 0 spiro atoms. The second kappa shape index (κ2) is 6.19. The highest BCUT2D eigenvalue weighted by atomic mass is 32.1. The van der Waals surface area contributed by atoms with Crippen LogP contribution in [0.2, 0.25) is 0 Å². The molecule has 0 unspecified atom stereocenters. The van der Waals surface area contributed by atoms with Gasteiger partial charge in [-0.25, -0.2) is 0 Å². The van der Waals surface area contributed by atoms with Gasteiger partial charge in [0.25, 0.3) is 0 Å². The van der Waals surface area contributed by atoms with Gasteiger partial charge in [0.05, 0.1) is 6.54 Å². The average Bonchev–Trinajstić information content (AvgIpc) is 2.67. The molecule has 0 saturated heterocycles. The molecule has 0 bridgehead atoms. The van der Waals surface area contributed by atoms with Crippen molar-refractivity contribution in [3.63, 3.8) is 0 Å². The van der Waals surface area contributed by atoms with Crippen LogP contribution >= 0.6 is 11.3 Å². The summed E-state index contributed by atoms with van der Waals surface area (Å²) < 4.78 is 0. The van der Waals surface area contributed by atoms with Gasteiger partial charge in [0.1, 0.15) is 0 Å². The first kappa shape index (κ1) is 11.7. The standard InChI is InChI=1S/C10H14N2O2S/c1-8(13)12-7-10(14)11-5-4-9-3-2-6-15-9/h2-3,6H,4-5,7H2,1H3,(H,11,14)(H,12,13). The highest BCUT2D eigenvalue weighted by Gasteiger charge is 2.01. The average molecular weight is 226 g/mol. The summed E-state index contributed by atoms with van der Waals surface area (Å²) >= 11 is 1.67. The van der Waals surface area contributed by atoms with Gasteiger partial charge in [0, 0.05) is 18.3 Å². The molecular formula is C10H14N2O2S. The molecule has 0 atom stereocenters. The lowest BCUT2D eigenvalue weighted by Gasteiger charge is -2.04. The lowest BCUT2D eigenvalue weighted by molar-refractivity contribution is -0.125. The van der Waals surface area contributed by atoms with E-state index < -0.39 is 0 Å². The van der Waals surface area contributed by atoms with Crippen LogP contribution in [0.3, 0.4) is 0 Å². The molecule has 0 aliphatic carbocycles. The van der Waals surface area contributed by atoms with Gasteiger partial charge in [-0.05, 0) is 17.9 Å². The minimum absolute atomic E-state index is 0.0553. The first-order chi connectivity index (χ1) is 7.18. The number of carbonyl (C=O) groups is 2. The van der Waals surface area contributed by atoms with E-state index in [1.54, 1.807) is 11.3 Å². The summed E-state index contributed by atoms with van der Waals surface area (Å²) in [6, 6.07) is 4.02. The minimum atomic E-state index is -0.191. The van der Waals surface area contributed by atoms with Crippen molar-refractivity contribution < 1.29 is 9.59 Å². The third-order valence-electron chi connectivity index (χ3n) is 1.77. The number of amides is 2. The fourth-order valence-corrected chi connectivity index (χ4v) is 1.76. The van der Waals surface area contributed by atoms with E-state index in [0.717, 1.165) is 6.42 Å². The third-order valence-corrected chi connectivity index (χ3v) is 2.71. The molecule has 0 aliphatic heterocycles. The first-order valence-corrected chi connectivity index (χ1v) is 5.60. The SMILES string of the molecule is CC(=O)NCC(=O)NCCc1cccs1. The highest BCUT2D eigenvalue weighted by molar-refractivity contribution is 7.09. The van der Waals surface area contributed by atoms with Crippen LogP contribution in [0.4, 0.5) is 0 Å². The Morgan fingerprint density at radius 2 is 2.20 bits per heavy atom. The van der Waals surface area contributed by atoms with E-state index in [0.29, 0.717) is 6.54 Å². The van der Waals surface area contributed by atoms with Crippen molar-refractivity contribution in [1.29, 1.82) is 0 Å². The molecule has 2 amide bonds. The van der Waals surface area contributed by atoms with Crippen molar-refractivity contribution in [2.24, 2.45) is 0 Å². The molecule has 0 fully saturated rings. The number of hydrogen-bond donors (Lipinski definition) is 2. The van der Waals surface area contributed by atoms with Gasteiger partial charge in [-0.1, -0.05) is 6.07 Å². The van der Waals surface area contributed by atoms with Crippen LogP contribution in [-0.4, -0.2) is 24.9 Å². The minimum Gasteiger partial charge on any atom is -0.354 e. The number of hydrogen-bond acceptors (Lipinski definition) is 3. The topological polar surface area (TPSA) is 58.2 Å². The van der Waals surface area contributed by atoms with E-state index in [-0.39, 0.29) is 18.4 Å². The van der Waals surface area contributed by atoms with Crippen molar-refractivity contribution in [2.45, 2.75) is 13.3 Å². The Labute approximate surface area is 92.7 Å². The lowest BCUT2D eigenvalue weighted by Crippen LogP contribution is -2.36. The van der Waals surface area contributed by atoms with Crippen LogP contribution in [0.5, 0.6) is 0 Å². The van der Waals surface area contributed by atoms with Gasteiger partial charge in [-0.15, -0.1) is 11.3 Å². The third kappa shape index (κ3) is 5.17. The van der Waals surface area contributed by atoms with Gasteiger partial charge in [0.2, 0.25) is 11.8 Å². The summed E-state index contributed by atoms with van der Waals surface area (Å²) in [5, 5.41) is 7.18. The molecule has 0 radical (unpaired) electrons. The predicted molar refractivity (Wildman–Crippen MR) is 59.7 cm³/mol. The lowest BCUT2D eigenvalue weighted by atomic mass is 10.3. The Hall–Kier alpha value is -1.36. The first-order valence-electron chi connectivity index (χ1n) is 4.72. The fraction of sp³-hybridized carbons (Fsp3) is 0.400. The Bertz CT molecular complexity index is 322. The number of thiophene rings is 1. The maximum absolute atomic E-state index is 11.2. The predicted octanol–water partition coefficient (Wildman–Crippen LogP) is 0.543. The largest absolute Gasteiger partial charge is 0.354 e. The van der Waals surface area contributed by atoms with Gasteiger partial charge in [0.15, 0.2) is 0 Å². The zero-order valence-electron chi connectivity index (χ0n) is 8.58. The van der Waals surface area contributed by atoms with Crippen LogP contribution in [0.15, 0.2) is 17.5 Å². The Morgan fingerprint density at radius 3 is 2.80 bits per heavy atom. The van der Waals surface area contributed by atoms with Gasteiger partial charge in [-0.2, -0.15) is 0 Å². The molecule has 1 aromatic heterocycles. The van der Waals surface area contributed by atoms with E-state index in [2.05, 4.69) is 10.6 Å². The summed E-state index contributed by atoms with van der Waals surface area (Å²) in [4.78, 5) is 22.9. The number of carbonyl (C=O) groups excluding carboxylic acids is 2. The Kier molecular flexibility index (Phi) is 4.83. The Balaban J connectivity index is 2.09. The molecule has 1 rings (SSSR count). The number of rotatable bonds is 5. The van der Waals surface area contributed by atoms with Gasteiger partial charge >= 0.3 is 0 Å². The van der Waals surface area contributed by atoms with Crippen molar-refractivity contribution in [2.75, 3.05) is 13.1 Å². The second-order valence-corrected chi connectivity index (χ2v) is 4.12. The molecule has 1 aromatic rings. The van der Waals surface area contributed by atoms with Crippen molar-refractivity contribution in [3.8, 4) is 0 Å². The normalized spacial score (nSPS) is 9.67. The van der Waals surface area contributed by atoms with E-state index in [1.165, 1.54) is 11.8 Å². The summed E-state index contributed by atoms with van der Waals surface area (Å²) in [5.74, 6) is -0.342. The van der Waals surface area contributed by atoms with Crippen LogP contribution in [0.25, 0.3) is 0 Å². The molecule has 0 aliphatic rings. The molecule has 2 N–H and O–H groups in total. The van der Waals surface area contributed by atoms with Gasteiger partial charge < -0.3 is 10.6 Å². The van der Waals surface area contributed by atoms with E-state index in [4.69, 9.17) is 0 Å². The fourth-order valence-electron chi connectivity index (χ4n) is 1.05. The van der Waals surface area contributed by atoms with Crippen LogP contribution in [0.1, 0.15) is 11.8 Å². The molecule has 1 heterocycles.